The van der Waals surface area contributed by atoms with Gasteiger partial charge in [0.2, 0.25) is 0 Å². The number of fused-ring (bicyclic) bond motifs is 1. The third-order valence-electron chi connectivity index (χ3n) is 3.09. The summed E-state index contributed by atoms with van der Waals surface area (Å²) in [5, 5.41) is 13.6. The largest absolute Gasteiger partial charge is 0.481 e. The van der Waals surface area contributed by atoms with Crippen LogP contribution in [0.5, 0.6) is 0 Å². The average Bonchev–Trinajstić information content (AvgIpc) is 2.56. The highest BCUT2D eigenvalue weighted by molar-refractivity contribution is 14.1. The summed E-state index contributed by atoms with van der Waals surface area (Å²) in [6.07, 6.45) is 2.21. The summed E-state index contributed by atoms with van der Waals surface area (Å²) >= 11 is 2.24. The molecule has 1 aliphatic rings. The van der Waals surface area contributed by atoms with Crippen molar-refractivity contribution in [2.24, 2.45) is 5.92 Å². The average molecular weight is 334 g/mol. The molecule has 1 aromatic rings. The number of aromatic nitrogens is 2. The van der Waals surface area contributed by atoms with Crippen LogP contribution in [0.25, 0.3) is 0 Å². The standard InChI is InChI=1S/C11H15IN2O2/c1-6(2)14-9-5-7(11(15)16)3-4-8(9)10(12)13-14/h6-7H,3-5H2,1-2H3,(H,15,16)/t7-/m1/s1. The first-order valence-corrected chi connectivity index (χ1v) is 6.57. The number of carboxylic acids is 1. The predicted molar refractivity (Wildman–Crippen MR) is 68.5 cm³/mol. The number of carbonyl (C=O) groups is 1. The van der Waals surface area contributed by atoms with Crippen LogP contribution >= 0.6 is 22.6 Å². The molecule has 4 nitrogen and oxygen atoms in total. The first-order valence-electron chi connectivity index (χ1n) is 5.49. The summed E-state index contributed by atoms with van der Waals surface area (Å²) in [6, 6.07) is 0.296. The zero-order valence-electron chi connectivity index (χ0n) is 9.40. The molecule has 0 aromatic carbocycles. The van der Waals surface area contributed by atoms with Gasteiger partial charge < -0.3 is 5.11 Å². The molecule has 0 spiro atoms. The number of nitrogens with zero attached hydrogens (tertiary/aromatic N) is 2. The Labute approximate surface area is 108 Å². The number of aliphatic carboxylic acids is 1. The van der Waals surface area contributed by atoms with Crippen molar-refractivity contribution in [1.29, 1.82) is 0 Å². The van der Waals surface area contributed by atoms with Gasteiger partial charge in [0, 0.05) is 23.7 Å². The summed E-state index contributed by atoms with van der Waals surface area (Å²) in [6.45, 7) is 4.15. The van der Waals surface area contributed by atoms with E-state index < -0.39 is 5.97 Å². The van der Waals surface area contributed by atoms with Crippen LogP contribution in [0.4, 0.5) is 0 Å². The molecule has 16 heavy (non-hydrogen) atoms. The van der Waals surface area contributed by atoms with E-state index in [2.05, 4.69) is 41.5 Å². The fourth-order valence-corrected chi connectivity index (χ4v) is 3.04. The van der Waals surface area contributed by atoms with Crippen LogP contribution < -0.4 is 0 Å². The van der Waals surface area contributed by atoms with Crippen LogP contribution in [0.2, 0.25) is 0 Å². The Morgan fingerprint density at radius 2 is 2.31 bits per heavy atom. The Morgan fingerprint density at radius 3 is 2.88 bits per heavy atom. The van der Waals surface area contributed by atoms with Gasteiger partial charge in [0.25, 0.3) is 0 Å². The second kappa shape index (κ2) is 4.35. The van der Waals surface area contributed by atoms with E-state index in [4.69, 9.17) is 5.11 Å². The van der Waals surface area contributed by atoms with Gasteiger partial charge in [0.05, 0.1) is 5.92 Å². The number of carboxylic acid groups (broad SMARTS) is 1. The fraction of sp³-hybridized carbons (Fsp3) is 0.636. The smallest absolute Gasteiger partial charge is 0.306 e. The van der Waals surface area contributed by atoms with Crippen LogP contribution in [0.1, 0.15) is 37.6 Å². The molecule has 0 saturated carbocycles. The van der Waals surface area contributed by atoms with Gasteiger partial charge in [-0.05, 0) is 49.3 Å². The zero-order valence-corrected chi connectivity index (χ0v) is 11.6. The molecule has 88 valence electrons. The second-order valence-corrected chi connectivity index (χ2v) is 5.55. The summed E-state index contributed by atoms with van der Waals surface area (Å²) in [5.41, 5.74) is 2.38. The third-order valence-corrected chi connectivity index (χ3v) is 3.96. The summed E-state index contributed by atoms with van der Waals surface area (Å²) < 4.78 is 3.01. The molecule has 0 aliphatic heterocycles. The van der Waals surface area contributed by atoms with Gasteiger partial charge in [-0.1, -0.05) is 0 Å². The van der Waals surface area contributed by atoms with E-state index in [1.165, 1.54) is 5.56 Å². The van der Waals surface area contributed by atoms with Crippen molar-refractivity contribution in [3.05, 3.63) is 15.0 Å². The molecule has 1 aliphatic carbocycles. The Kier molecular flexibility index (Phi) is 3.23. The van der Waals surface area contributed by atoms with E-state index in [0.717, 1.165) is 22.2 Å². The highest BCUT2D eigenvalue weighted by atomic mass is 127. The van der Waals surface area contributed by atoms with Gasteiger partial charge in [0.1, 0.15) is 3.70 Å². The van der Waals surface area contributed by atoms with Crippen molar-refractivity contribution < 1.29 is 9.90 Å². The Balaban J connectivity index is 2.38. The lowest BCUT2D eigenvalue weighted by Gasteiger charge is -2.21. The van der Waals surface area contributed by atoms with Crippen molar-refractivity contribution in [3.63, 3.8) is 0 Å². The zero-order chi connectivity index (χ0) is 11.9. The van der Waals surface area contributed by atoms with E-state index in [-0.39, 0.29) is 5.92 Å². The van der Waals surface area contributed by atoms with Crippen molar-refractivity contribution in [1.82, 2.24) is 9.78 Å². The van der Waals surface area contributed by atoms with Crippen molar-refractivity contribution in [2.75, 3.05) is 0 Å². The fourth-order valence-electron chi connectivity index (χ4n) is 2.23. The molecule has 1 heterocycles. The highest BCUT2D eigenvalue weighted by Crippen LogP contribution is 2.30. The Morgan fingerprint density at radius 1 is 1.62 bits per heavy atom. The van der Waals surface area contributed by atoms with Gasteiger partial charge in [-0.3, -0.25) is 9.48 Å². The maximum Gasteiger partial charge on any atom is 0.306 e. The second-order valence-electron chi connectivity index (χ2n) is 4.53. The topological polar surface area (TPSA) is 55.1 Å². The normalized spacial score (nSPS) is 19.9. The molecule has 0 unspecified atom stereocenters. The van der Waals surface area contributed by atoms with E-state index >= 15 is 0 Å². The monoisotopic (exact) mass is 334 g/mol. The molecule has 0 radical (unpaired) electrons. The van der Waals surface area contributed by atoms with Crippen LogP contribution in [-0.2, 0) is 17.6 Å². The van der Waals surface area contributed by atoms with E-state index in [9.17, 15) is 4.79 Å². The molecule has 0 fully saturated rings. The molecule has 5 heteroatoms. The lowest BCUT2D eigenvalue weighted by molar-refractivity contribution is -0.142. The van der Waals surface area contributed by atoms with Gasteiger partial charge in [-0.25, -0.2) is 0 Å². The minimum atomic E-state index is -0.683. The molecule has 1 aromatic heterocycles. The Hall–Kier alpha value is -0.590. The Bertz CT molecular complexity index is 426. The minimum absolute atomic E-state index is 0.238. The number of hydrogen-bond acceptors (Lipinski definition) is 2. The van der Waals surface area contributed by atoms with Crippen LogP contribution in [-0.4, -0.2) is 20.9 Å². The molecule has 0 bridgehead atoms. The lowest BCUT2D eigenvalue weighted by atomic mass is 9.88. The summed E-state index contributed by atoms with van der Waals surface area (Å²) in [7, 11) is 0. The van der Waals surface area contributed by atoms with Gasteiger partial charge in [-0.15, -0.1) is 0 Å². The molecule has 2 rings (SSSR count). The number of halogens is 1. The molecule has 1 atom stereocenters. The van der Waals surface area contributed by atoms with Gasteiger partial charge in [-0.2, -0.15) is 5.10 Å². The van der Waals surface area contributed by atoms with E-state index in [1.54, 1.807) is 0 Å². The quantitative estimate of drug-likeness (QED) is 0.844. The molecular formula is C11H15IN2O2. The van der Waals surface area contributed by atoms with Crippen LogP contribution in [0.3, 0.4) is 0 Å². The minimum Gasteiger partial charge on any atom is -0.481 e. The summed E-state index contributed by atoms with van der Waals surface area (Å²) in [4.78, 5) is 11.0. The van der Waals surface area contributed by atoms with Crippen LogP contribution in [0, 0.1) is 9.62 Å². The maximum absolute atomic E-state index is 11.0. The van der Waals surface area contributed by atoms with Gasteiger partial charge >= 0.3 is 5.97 Å². The van der Waals surface area contributed by atoms with Gasteiger partial charge in [0.15, 0.2) is 0 Å². The van der Waals surface area contributed by atoms with E-state index in [1.807, 2.05) is 4.68 Å². The highest BCUT2D eigenvalue weighted by Gasteiger charge is 2.29. The maximum atomic E-state index is 11.0. The lowest BCUT2D eigenvalue weighted by Crippen LogP contribution is -2.24. The molecule has 0 saturated heterocycles. The number of rotatable bonds is 2. The summed E-state index contributed by atoms with van der Waals surface area (Å²) in [5.74, 6) is -0.922. The molecule has 0 amide bonds. The SMILES string of the molecule is CC(C)n1nc(I)c2c1C[C@H](C(=O)O)CC2. The van der Waals surface area contributed by atoms with E-state index in [0.29, 0.717) is 12.5 Å². The first kappa shape index (κ1) is 11.9. The number of hydrogen-bond donors (Lipinski definition) is 1. The van der Waals surface area contributed by atoms with Crippen molar-refractivity contribution in [2.45, 2.75) is 39.2 Å². The third kappa shape index (κ3) is 1.97. The van der Waals surface area contributed by atoms with Crippen molar-refractivity contribution >= 4 is 28.6 Å². The molecule has 1 N–H and O–H groups in total. The predicted octanol–water partition coefficient (Wildman–Crippen LogP) is 2.26. The van der Waals surface area contributed by atoms with Crippen molar-refractivity contribution in [3.8, 4) is 0 Å². The van der Waals surface area contributed by atoms with Crippen LogP contribution in [0.15, 0.2) is 0 Å². The first-order chi connectivity index (χ1) is 7.50. The molecular weight excluding hydrogens is 319 g/mol.